The van der Waals surface area contributed by atoms with Gasteiger partial charge >= 0.3 is 0 Å². The molecule has 1 aliphatic heterocycles. The Kier molecular flexibility index (Phi) is 14.3. The van der Waals surface area contributed by atoms with Gasteiger partial charge in [-0.1, -0.05) is 55.1 Å². The Morgan fingerprint density at radius 2 is 1.69 bits per heavy atom. The number of nitrogens with two attached hydrogens (primary N) is 3. The molecule has 0 spiro atoms. The van der Waals surface area contributed by atoms with Gasteiger partial charge in [0.2, 0.25) is 21.8 Å². The fourth-order valence-electron chi connectivity index (χ4n) is 6.04. The zero-order valence-corrected chi connectivity index (χ0v) is 31.7. The van der Waals surface area contributed by atoms with Gasteiger partial charge in [-0.05, 0) is 69.4 Å². The molecule has 16 heteroatoms. The van der Waals surface area contributed by atoms with Crippen molar-refractivity contribution in [2.24, 2.45) is 22.2 Å². The van der Waals surface area contributed by atoms with Crippen molar-refractivity contribution in [2.45, 2.75) is 82.9 Å². The van der Waals surface area contributed by atoms with Crippen molar-refractivity contribution in [1.29, 1.82) is 0 Å². The summed E-state index contributed by atoms with van der Waals surface area (Å²) in [5.74, 6) is -0.0271. The number of sulfonamides is 1. The number of aromatic nitrogens is 1. The van der Waals surface area contributed by atoms with Gasteiger partial charge in [-0.15, -0.1) is 0 Å². The molecule has 7 N–H and O–H groups in total. The highest BCUT2D eigenvalue weighted by molar-refractivity contribution is 7.89. The SMILES string of the molecule is CCCC[C@@H](NS(=O)(=O)c1ccc(Cl)c(COc2cccc3c(C)cc(C)nc23)c1Cl)C(=O)N1CCN(C(=O)[C@@H](N)CCCCN=C(N)N)CC1. The molecule has 0 radical (unpaired) electrons. The van der Waals surface area contributed by atoms with Crippen LogP contribution in [0.15, 0.2) is 46.3 Å². The van der Waals surface area contributed by atoms with E-state index in [1.807, 2.05) is 39.0 Å². The molecule has 4 rings (SSSR count). The predicted octanol–water partition coefficient (Wildman–Crippen LogP) is 4.02. The second-order valence-corrected chi connectivity index (χ2v) is 15.2. The number of carbonyl (C=O) groups is 2. The molecule has 1 aliphatic rings. The lowest BCUT2D eigenvalue weighted by Gasteiger charge is -2.37. The van der Waals surface area contributed by atoms with Crippen molar-refractivity contribution in [2.75, 3.05) is 32.7 Å². The lowest BCUT2D eigenvalue weighted by Crippen LogP contribution is -2.57. The van der Waals surface area contributed by atoms with Crippen molar-refractivity contribution < 1.29 is 22.7 Å². The Balaban J connectivity index is 1.43. The number of rotatable bonds is 16. The number of piperazine rings is 1. The van der Waals surface area contributed by atoms with E-state index < -0.39 is 22.1 Å². The Bertz CT molecular complexity index is 1850. The fraction of sp³-hybridized carbons (Fsp3) is 0.486. The number of halogens is 2. The largest absolute Gasteiger partial charge is 0.487 e. The normalized spacial score (nSPS) is 14.7. The van der Waals surface area contributed by atoms with Crippen LogP contribution in [0, 0.1) is 13.8 Å². The van der Waals surface area contributed by atoms with Crippen molar-refractivity contribution in [1.82, 2.24) is 19.5 Å². The van der Waals surface area contributed by atoms with Crippen molar-refractivity contribution in [3.8, 4) is 5.75 Å². The maximum absolute atomic E-state index is 13.8. The number of nitrogens with zero attached hydrogens (tertiary/aromatic N) is 4. The first-order chi connectivity index (χ1) is 24.2. The minimum atomic E-state index is -4.28. The van der Waals surface area contributed by atoms with Gasteiger partial charge in [0.15, 0.2) is 5.96 Å². The van der Waals surface area contributed by atoms with Crippen molar-refractivity contribution >= 4 is 61.9 Å². The van der Waals surface area contributed by atoms with Gasteiger partial charge in [-0.25, -0.2) is 13.4 Å². The molecule has 1 aromatic heterocycles. The predicted molar refractivity (Wildman–Crippen MR) is 201 cm³/mol. The molecule has 0 aliphatic carbocycles. The minimum Gasteiger partial charge on any atom is -0.487 e. The molecule has 2 heterocycles. The van der Waals surface area contributed by atoms with Crippen LogP contribution < -0.4 is 26.7 Å². The van der Waals surface area contributed by atoms with Gasteiger partial charge in [-0.3, -0.25) is 14.6 Å². The molecular formula is C35H48Cl2N8O5S. The number of guanidine groups is 1. The summed E-state index contributed by atoms with van der Waals surface area (Å²) in [6, 6.07) is 8.64. The summed E-state index contributed by atoms with van der Waals surface area (Å²) in [6.07, 6.45) is 3.53. The van der Waals surface area contributed by atoms with Crippen LogP contribution in [0.3, 0.4) is 0 Å². The zero-order valence-electron chi connectivity index (χ0n) is 29.3. The number of ether oxygens (including phenoxy) is 1. The average Bonchev–Trinajstić information content (AvgIpc) is 3.09. The second-order valence-electron chi connectivity index (χ2n) is 12.7. The first kappa shape index (κ1) is 40.1. The number of carbonyl (C=O) groups excluding carboxylic acids is 2. The number of para-hydroxylation sites is 1. The monoisotopic (exact) mass is 762 g/mol. The van der Waals surface area contributed by atoms with Crippen LogP contribution in [-0.4, -0.2) is 85.8 Å². The highest BCUT2D eigenvalue weighted by atomic mass is 35.5. The Morgan fingerprint density at radius 1 is 1.00 bits per heavy atom. The number of unbranched alkanes of at least 4 members (excludes halogenated alkanes) is 2. The summed E-state index contributed by atoms with van der Waals surface area (Å²) in [4.78, 5) is 38.3. The van der Waals surface area contributed by atoms with E-state index in [1.165, 1.54) is 12.1 Å². The molecule has 51 heavy (non-hydrogen) atoms. The summed E-state index contributed by atoms with van der Waals surface area (Å²) >= 11 is 13.2. The molecule has 2 amide bonds. The summed E-state index contributed by atoms with van der Waals surface area (Å²) in [5, 5.41) is 1.07. The number of benzene rings is 2. The zero-order chi connectivity index (χ0) is 37.3. The highest BCUT2D eigenvalue weighted by Gasteiger charge is 2.34. The third-order valence-electron chi connectivity index (χ3n) is 8.83. The molecule has 0 bridgehead atoms. The van der Waals surface area contributed by atoms with Gasteiger partial charge < -0.3 is 31.7 Å². The average molecular weight is 764 g/mol. The lowest BCUT2D eigenvalue weighted by molar-refractivity contribution is -0.141. The van der Waals surface area contributed by atoms with E-state index in [1.54, 1.807) is 15.9 Å². The van der Waals surface area contributed by atoms with Crippen LogP contribution >= 0.6 is 23.2 Å². The molecule has 278 valence electrons. The standard InChI is InChI=1S/C35H48Cl2N8O5S/c1-4-5-11-28(34(47)45-18-16-44(17-19-45)33(46)27(38)10-6-7-15-41-35(39)40)43-51(48,49)30-14-13-26(36)25(31(30)37)21-50-29-12-8-9-24-22(2)20-23(3)42-32(24)29/h8-9,12-14,20,27-28,43H,4-7,10-11,15-19,21,38H2,1-3H3,(H4,39,40,41)/t27-,28+/m0/s1. The lowest BCUT2D eigenvalue weighted by atomic mass is 10.1. The number of hydrogen-bond donors (Lipinski definition) is 4. The number of nitrogens with one attached hydrogen (secondary N) is 1. The van der Waals surface area contributed by atoms with Crippen LogP contribution in [0.1, 0.15) is 62.3 Å². The molecule has 1 saturated heterocycles. The van der Waals surface area contributed by atoms with E-state index >= 15 is 0 Å². The van der Waals surface area contributed by atoms with Crippen molar-refractivity contribution in [3.63, 3.8) is 0 Å². The third kappa shape index (κ3) is 10.4. The summed E-state index contributed by atoms with van der Waals surface area (Å²) in [6.45, 7) is 7.28. The Morgan fingerprint density at radius 3 is 2.35 bits per heavy atom. The maximum atomic E-state index is 13.8. The van der Waals surface area contributed by atoms with E-state index in [4.69, 9.17) is 45.1 Å². The van der Waals surface area contributed by atoms with Gasteiger partial charge in [0.25, 0.3) is 0 Å². The molecule has 2 aromatic carbocycles. The fourth-order valence-corrected chi connectivity index (χ4v) is 8.15. The minimum absolute atomic E-state index is 0.0253. The Hall–Kier alpha value is -3.69. The Labute approximate surface area is 309 Å². The number of pyridine rings is 1. The summed E-state index contributed by atoms with van der Waals surface area (Å²) in [5.41, 5.74) is 19.7. The smallest absolute Gasteiger partial charge is 0.242 e. The number of fused-ring (bicyclic) bond motifs is 1. The molecule has 13 nitrogen and oxygen atoms in total. The maximum Gasteiger partial charge on any atom is 0.242 e. The summed E-state index contributed by atoms with van der Waals surface area (Å²) < 4.78 is 36.4. The second kappa shape index (κ2) is 18.2. The van der Waals surface area contributed by atoms with Crippen LogP contribution in [0.2, 0.25) is 10.0 Å². The topological polar surface area (TPSA) is 199 Å². The van der Waals surface area contributed by atoms with Crippen LogP contribution in [0.25, 0.3) is 10.9 Å². The molecule has 3 aromatic rings. The molecule has 2 atom stereocenters. The molecule has 1 fully saturated rings. The van der Waals surface area contributed by atoms with Crippen molar-refractivity contribution in [3.05, 3.63) is 63.3 Å². The first-order valence-electron chi connectivity index (χ1n) is 17.1. The van der Waals surface area contributed by atoms with E-state index in [0.717, 1.165) is 23.1 Å². The number of aliphatic imine (C=N–C) groups is 1. The van der Waals surface area contributed by atoms with Gasteiger partial charge in [0.1, 0.15) is 28.8 Å². The van der Waals surface area contributed by atoms with E-state index in [9.17, 15) is 18.0 Å². The van der Waals surface area contributed by atoms with Gasteiger partial charge in [-0.2, -0.15) is 4.72 Å². The van der Waals surface area contributed by atoms with Gasteiger partial charge in [0, 0.05) is 54.4 Å². The third-order valence-corrected chi connectivity index (χ3v) is 11.2. The van der Waals surface area contributed by atoms with Crippen LogP contribution in [-0.2, 0) is 26.2 Å². The van der Waals surface area contributed by atoms with E-state index in [-0.39, 0.29) is 77.5 Å². The number of hydrogen-bond acceptors (Lipinski definition) is 8. The number of amides is 2. The quantitative estimate of drug-likeness (QED) is 0.0946. The van der Waals surface area contributed by atoms with E-state index in [2.05, 4.69) is 14.7 Å². The molecule has 0 saturated carbocycles. The van der Waals surface area contributed by atoms with Crippen LogP contribution in [0.4, 0.5) is 0 Å². The molecule has 0 unspecified atom stereocenters. The van der Waals surface area contributed by atoms with Crippen LogP contribution in [0.5, 0.6) is 5.75 Å². The summed E-state index contributed by atoms with van der Waals surface area (Å²) in [7, 11) is -4.28. The van der Waals surface area contributed by atoms with E-state index in [0.29, 0.717) is 43.5 Å². The number of aryl methyl sites for hydroxylation is 2. The highest BCUT2D eigenvalue weighted by Crippen LogP contribution is 2.34. The first-order valence-corrected chi connectivity index (χ1v) is 19.3. The van der Waals surface area contributed by atoms with Gasteiger partial charge in [0.05, 0.1) is 11.1 Å². The molecular weight excluding hydrogens is 715 g/mol.